The van der Waals surface area contributed by atoms with Gasteiger partial charge in [0.2, 0.25) is 0 Å². The maximum absolute atomic E-state index is 3.24. The first kappa shape index (κ1) is 7.17. The summed E-state index contributed by atoms with van der Waals surface area (Å²) in [6.07, 6.45) is 0. The van der Waals surface area contributed by atoms with E-state index in [0.717, 1.165) is 11.4 Å². The fourth-order valence-electron chi connectivity index (χ4n) is 1.23. The van der Waals surface area contributed by atoms with Gasteiger partial charge in [-0.1, -0.05) is 30.3 Å². The lowest BCUT2D eigenvalue weighted by Crippen LogP contribution is -1.75. The second-order valence-electron chi connectivity index (χ2n) is 2.82. The van der Waals surface area contributed by atoms with Crippen LogP contribution in [0.4, 0.5) is 0 Å². The molecule has 2 aromatic rings. The monoisotopic (exact) mass is 156 g/mol. The molecule has 1 heterocycles. The Morgan fingerprint density at radius 3 is 2.50 bits per heavy atom. The van der Waals surface area contributed by atoms with Crippen LogP contribution in [0.15, 0.2) is 36.4 Å². The molecular formula is C11H10N. The topological polar surface area (TPSA) is 15.8 Å². The van der Waals surface area contributed by atoms with Gasteiger partial charge in [-0.2, -0.15) is 0 Å². The third-order valence-corrected chi connectivity index (χ3v) is 1.84. The molecule has 1 aromatic heterocycles. The number of nitrogens with one attached hydrogen (secondary N) is 1. The van der Waals surface area contributed by atoms with Crippen LogP contribution in [0.25, 0.3) is 11.3 Å². The molecule has 0 aliphatic heterocycles. The van der Waals surface area contributed by atoms with Crippen LogP contribution in [0.1, 0.15) is 5.69 Å². The van der Waals surface area contributed by atoms with E-state index in [2.05, 4.69) is 23.2 Å². The van der Waals surface area contributed by atoms with Crippen molar-refractivity contribution in [2.45, 2.75) is 6.92 Å². The van der Waals surface area contributed by atoms with Gasteiger partial charge in [0.1, 0.15) is 0 Å². The van der Waals surface area contributed by atoms with Gasteiger partial charge in [-0.05, 0) is 18.6 Å². The van der Waals surface area contributed by atoms with Gasteiger partial charge < -0.3 is 4.98 Å². The Morgan fingerprint density at radius 1 is 1.17 bits per heavy atom. The largest absolute Gasteiger partial charge is 0.358 e. The van der Waals surface area contributed by atoms with Crippen molar-refractivity contribution in [1.82, 2.24) is 4.98 Å². The van der Waals surface area contributed by atoms with Crippen LogP contribution in [0, 0.1) is 13.0 Å². The molecule has 0 fully saturated rings. The second-order valence-corrected chi connectivity index (χ2v) is 2.82. The summed E-state index contributed by atoms with van der Waals surface area (Å²) in [5.74, 6) is 0. The zero-order valence-electron chi connectivity index (χ0n) is 6.96. The molecule has 1 nitrogen and oxygen atoms in total. The van der Waals surface area contributed by atoms with Crippen molar-refractivity contribution in [3.63, 3.8) is 0 Å². The summed E-state index contributed by atoms with van der Waals surface area (Å²) < 4.78 is 0. The van der Waals surface area contributed by atoms with E-state index in [1.165, 1.54) is 5.56 Å². The maximum atomic E-state index is 3.24. The molecule has 0 spiro atoms. The molecule has 0 saturated heterocycles. The average molecular weight is 156 g/mol. The summed E-state index contributed by atoms with van der Waals surface area (Å²) in [5.41, 5.74) is 3.42. The molecule has 1 radical (unpaired) electrons. The molecule has 0 aliphatic rings. The summed E-state index contributed by atoms with van der Waals surface area (Å²) >= 11 is 0. The number of aromatic amines is 1. The SMILES string of the molecule is Cc1[c]cc(-c2ccccc2)[nH]1. The maximum Gasteiger partial charge on any atom is 0.0462 e. The summed E-state index contributed by atoms with van der Waals surface area (Å²) in [6.45, 7) is 2.01. The molecule has 0 bridgehead atoms. The molecule has 2 rings (SSSR count). The minimum absolute atomic E-state index is 1.08. The van der Waals surface area contributed by atoms with E-state index in [9.17, 15) is 0 Å². The number of benzene rings is 1. The van der Waals surface area contributed by atoms with Crippen molar-refractivity contribution in [3.8, 4) is 11.3 Å². The van der Waals surface area contributed by atoms with Crippen LogP contribution in [0.3, 0.4) is 0 Å². The smallest absolute Gasteiger partial charge is 0.0462 e. The summed E-state index contributed by atoms with van der Waals surface area (Å²) in [6, 6.07) is 15.3. The van der Waals surface area contributed by atoms with Crippen molar-refractivity contribution in [2.75, 3.05) is 0 Å². The number of hydrogen-bond acceptors (Lipinski definition) is 0. The molecule has 1 N–H and O–H groups in total. The zero-order valence-corrected chi connectivity index (χ0v) is 6.96. The highest BCUT2D eigenvalue weighted by molar-refractivity contribution is 5.59. The third kappa shape index (κ3) is 1.26. The van der Waals surface area contributed by atoms with Crippen molar-refractivity contribution in [2.24, 2.45) is 0 Å². The molecule has 0 unspecified atom stereocenters. The van der Waals surface area contributed by atoms with Crippen LogP contribution >= 0.6 is 0 Å². The molecule has 0 atom stereocenters. The molecule has 1 heteroatoms. The average Bonchev–Trinajstić information content (AvgIpc) is 2.54. The predicted molar refractivity (Wildman–Crippen MR) is 49.8 cm³/mol. The van der Waals surface area contributed by atoms with Gasteiger partial charge in [-0.15, -0.1) is 0 Å². The van der Waals surface area contributed by atoms with Crippen molar-refractivity contribution < 1.29 is 0 Å². The molecular weight excluding hydrogens is 146 g/mol. The van der Waals surface area contributed by atoms with Crippen LogP contribution in [-0.4, -0.2) is 4.98 Å². The zero-order chi connectivity index (χ0) is 8.39. The lowest BCUT2D eigenvalue weighted by molar-refractivity contribution is 1.26. The lowest BCUT2D eigenvalue weighted by atomic mass is 10.2. The van der Waals surface area contributed by atoms with Crippen LogP contribution < -0.4 is 0 Å². The summed E-state index contributed by atoms with van der Waals surface area (Å²) in [7, 11) is 0. The molecule has 0 aliphatic carbocycles. The first-order valence-corrected chi connectivity index (χ1v) is 3.99. The fourth-order valence-corrected chi connectivity index (χ4v) is 1.23. The standard InChI is InChI=1S/C11H10N/c1-9-7-8-11(12-9)10-5-3-2-4-6-10/h2-6,8,12H,1H3. The molecule has 0 saturated carbocycles. The number of hydrogen-bond donors (Lipinski definition) is 1. The van der Waals surface area contributed by atoms with Crippen LogP contribution in [0.2, 0.25) is 0 Å². The minimum Gasteiger partial charge on any atom is -0.358 e. The number of aromatic nitrogens is 1. The van der Waals surface area contributed by atoms with Gasteiger partial charge >= 0.3 is 0 Å². The number of aryl methyl sites for hydroxylation is 1. The van der Waals surface area contributed by atoms with E-state index in [0.29, 0.717) is 0 Å². The van der Waals surface area contributed by atoms with Crippen LogP contribution in [-0.2, 0) is 0 Å². The van der Waals surface area contributed by atoms with Crippen molar-refractivity contribution >= 4 is 0 Å². The van der Waals surface area contributed by atoms with Gasteiger partial charge in [0.05, 0.1) is 0 Å². The molecule has 1 aromatic carbocycles. The molecule has 0 amide bonds. The van der Waals surface area contributed by atoms with Crippen LogP contribution in [0.5, 0.6) is 0 Å². The highest BCUT2D eigenvalue weighted by Gasteiger charge is 1.96. The number of rotatable bonds is 1. The van der Waals surface area contributed by atoms with E-state index in [4.69, 9.17) is 0 Å². The van der Waals surface area contributed by atoms with E-state index < -0.39 is 0 Å². The lowest BCUT2D eigenvalue weighted by Gasteiger charge is -1.95. The second kappa shape index (κ2) is 2.86. The fraction of sp³-hybridized carbons (Fsp3) is 0.0909. The van der Waals surface area contributed by atoms with E-state index in [1.807, 2.05) is 31.2 Å². The third-order valence-electron chi connectivity index (χ3n) is 1.84. The first-order chi connectivity index (χ1) is 5.86. The highest BCUT2D eigenvalue weighted by atomic mass is 14.7. The van der Waals surface area contributed by atoms with E-state index in [1.54, 1.807) is 0 Å². The Labute approximate surface area is 72.1 Å². The normalized spacial score (nSPS) is 10.1. The van der Waals surface area contributed by atoms with Gasteiger partial charge in [-0.3, -0.25) is 0 Å². The molecule has 59 valence electrons. The molecule has 12 heavy (non-hydrogen) atoms. The van der Waals surface area contributed by atoms with E-state index in [-0.39, 0.29) is 0 Å². The van der Waals surface area contributed by atoms with Crippen molar-refractivity contribution in [3.05, 3.63) is 48.2 Å². The quantitative estimate of drug-likeness (QED) is 0.653. The Morgan fingerprint density at radius 2 is 1.92 bits per heavy atom. The predicted octanol–water partition coefficient (Wildman–Crippen LogP) is 2.79. The van der Waals surface area contributed by atoms with Gasteiger partial charge in [-0.25, -0.2) is 0 Å². The Hall–Kier alpha value is -1.50. The Balaban J connectivity index is 2.45. The van der Waals surface area contributed by atoms with E-state index >= 15 is 0 Å². The highest BCUT2D eigenvalue weighted by Crippen LogP contribution is 2.16. The Kier molecular flexibility index (Phi) is 1.71. The number of H-pyrrole nitrogens is 1. The van der Waals surface area contributed by atoms with Gasteiger partial charge in [0, 0.05) is 17.5 Å². The van der Waals surface area contributed by atoms with Crippen molar-refractivity contribution in [1.29, 1.82) is 0 Å². The Bertz CT molecular complexity index is 360. The first-order valence-electron chi connectivity index (χ1n) is 3.99. The minimum atomic E-state index is 1.08. The van der Waals surface area contributed by atoms with Gasteiger partial charge in [0.15, 0.2) is 0 Å². The summed E-state index contributed by atoms with van der Waals surface area (Å²) in [4.78, 5) is 3.24. The van der Waals surface area contributed by atoms with Gasteiger partial charge in [0.25, 0.3) is 0 Å². The summed E-state index contributed by atoms with van der Waals surface area (Å²) in [5, 5.41) is 0.